The summed E-state index contributed by atoms with van der Waals surface area (Å²) in [5.41, 5.74) is 1.39. The van der Waals surface area contributed by atoms with Crippen LogP contribution in [0.25, 0.3) is 0 Å². The summed E-state index contributed by atoms with van der Waals surface area (Å²) < 4.78 is 0. The zero-order valence-corrected chi connectivity index (χ0v) is 12.3. The fraction of sp³-hybridized carbons (Fsp3) is 0.562. The highest BCUT2D eigenvalue weighted by molar-refractivity contribution is 5.17. The molecule has 0 bridgehead atoms. The summed E-state index contributed by atoms with van der Waals surface area (Å²) in [6.07, 6.45) is 0. The number of benzene rings is 1. The first-order valence-corrected chi connectivity index (χ1v) is 7.29. The molecular weight excluding hydrogens is 234 g/mol. The molecule has 0 unspecified atom stereocenters. The lowest BCUT2D eigenvalue weighted by molar-refractivity contribution is -0.648. The summed E-state index contributed by atoms with van der Waals surface area (Å²) in [4.78, 5) is 4.99. The van der Waals surface area contributed by atoms with E-state index in [9.17, 15) is 0 Å². The first-order chi connectivity index (χ1) is 9.20. The molecule has 1 aromatic carbocycles. The van der Waals surface area contributed by atoms with E-state index in [1.54, 1.807) is 0 Å². The van der Waals surface area contributed by atoms with Crippen molar-refractivity contribution in [3.05, 3.63) is 42.9 Å². The van der Waals surface area contributed by atoms with Gasteiger partial charge in [0, 0.05) is 44.2 Å². The van der Waals surface area contributed by atoms with Crippen LogP contribution in [0.5, 0.6) is 0 Å². The van der Waals surface area contributed by atoms with Crippen molar-refractivity contribution in [2.45, 2.75) is 13.0 Å². The van der Waals surface area contributed by atoms with E-state index in [2.05, 4.69) is 66.5 Å². The van der Waals surface area contributed by atoms with Crippen LogP contribution >= 0.6 is 0 Å². The number of hydrogen-bond acceptors (Lipinski definition) is 2. The number of likely N-dealkylation sites (N-methyl/N-ethyl adjacent to an activating group) is 1. The van der Waals surface area contributed by atoms with Crippen LogP contribution in [0.1, 0.15) is 18.5 Å². The number of quaternary nitrogens is 1. The Kier molecular flexibility index (Phi) is 5.37. The minimum absolute atomic E-state index is 0.459. The maximum atomic E-state index is 4.04. The van der Waals surface area contributed by atoms with Crippen molar-refractivity contribution in [2.75, 3.05) is 39.8 Å². The molecule has 106 valence electrons. The van der Waals surface area contributed by atoms with Crippen LogP contribution in [0.2, 0.25) is 0 Å². The van der Waals surface area contributed by atoms with E-state index in [4.69, 9.17) is 0 Å². The lowest BCUT2D eigenvalue weighted by Crippen LogP contribution is -2.80. The Hall–Kier alpha value is -0.900. The fourth-order valence-corrected chi connectivity index (χ4v) is 2.92. The molecule has 0 radical (unpaired) electrons. The molecule has 1 aromatic rings. The Labute approximate surface area is 117 Å². The normalized spacial score (nSPS) is 21.2. The lowest BCUT2D eigenvalue weighted by atomic mass is 9.94. The summed E-state index contributed by atoms with van der Waals surface area (Å²) in [5, 5.41) is 2.11. The van der Waals surface area contributed by atoms with Gasteiger partial charge >= 0.3 is 0 Å². The van der Waals surface area contributed by atoms with Gasteiger partial charge in [0.25, 0.3) is 0 Å². The van der Waals surface area contributed by atoms with Gasteiger partial charge < -0.3 is 15.1 Å². The second kappa shape index (κ2) is 7.04. The van der Waals surface area contributed by atoms with Crippen molar-refractivity contribution in [3.63, 3.8) is 0 Å². The van der Waals surface area contributed by atoms with E-state index < -0.39 is 0 Å². The topological polar surface area (TPSA) is 23.1 Å². The maximum absolute atomic E-state index is 4.04. The third-order valence-corrected chi connectivity index (χ3v) is 4.19. The van der Waals surface area contributed by atoms with Gasteiger partial charge in [-0.3, -0.25) is 0 Å². The predicted molar refractivity (Wildman–Crippen MR) is 79.6 cm³/mol. The van der Waals surface area contributed by atoms with Crippen LogP contribution < -0.4 is 5.32 Å². The van der Waals surface area contributed by atoms with E-state index in [-0.39, 0.29) is 0 Å². The molecule has 2 N–H and O–H groups in total. The van der Waals surface area contributed by atoms with Crippen LogP contribution in [0.3, 0.4) is 0 Å². The Morgan fingerprint density at radius 1 is 1.16 bits per heavy atom. The zero-order valence-electron chi connectivity index (χ0n) is 12.3. The first-order valence-electron chi connectivity index (χ1n) is 7.29. The van der Waals surface area contributed by atoms with E-state index in [1.165, 1.54) is 38.3 Å². The molecule has 3 heteroatoms. The first kappa shape index (κ1) is 14.5. The van der Waals surface area contributed by atoms with Gasteiger partial charge in [-0.05, 0) is 7.05 Å². The molecule has 0 aliphatic carbocycles. The minimum Gasteiger partial charge on any atom is -0.472 e. The predicted octanol–water partition coefficient (Wildman–Crippen LogP) is 0.966. The fourth-order valence-electron chi connectivity index (χ4n) is 2.92. The Morgan fingerprint density at radius 3 is 2.37 bits per heavy atom. The van der Waals surface area contributed by atoms with Crippen LogP contribution in [0, 0.1) is 13.0 Å². The largest absolute Gasteiger partial charge is 0.472 e. The standard InChI is InChI=1S/C16H27N3/c1-14(13-19-11-9-18(3)10-12-19)16(17-2)15-7-5-4-6-8-15/h4-8,14,16H,2,9-13,17H2,1,3H3/t14-,16+/m0/s1. The van der Waals surface area contributed by atoms with Crippen molar-refractivity contribution in [2.24, 2.45) is 5.92 Å². The Morgan fingerprint density at radius 2 is 1.79 bits per heavy atom. The highest BCUT2D eigenvalue weighted by Gasteiger charge is 2.23. The monoisotopic (exact) mass is 261 g/mol. The van der Waals surface area contributed by atoms with Gasteiger partial charge in [0.2, 0.25) is 0 Å². The van der Waals surface area contributed by atoms with E-state index >= 15 is 0 Å². The van der Waals surface area contributed by atoms with Crippen LogP contribution in [-0.2, 0) is 0 Å². The molecule has 0 spiro atoms. The highest BCUT2D eigenvalue weighted by Crippen LogP contribution is 2.19. The third kappa shape index (κ3) is 4.03. The van der Waals surface area contributed by atoms with Crippen molar-refractivity contribution in [1.29, 1.82) is 0 Å². The summed E-state index contributed by atoms with van der Waals surface area (Å²) in [6.45, 7) is 8.28. The number of hydrogen-bond donors (Lipinski definition) is 1. The number of nitrogens with zero attached hydrogens (tertiary/aromatic N) is 2. The summed E-state index contributed by atoms with van der Waals surface area (Å²) in [7, 11) is 6.24. The SMILES string of the molecule is [CH2-][NH2+][C@@H](c1ccccc1)[C@@H](C)CN1CCN(C)CC1. The number of piperazine rings is 1. The van der Waals surface area contributed by atoms with Crippen LogP contribution in [0.4, 0.5) is 0 Å². The van der Waals surface area contributed by atoms with Gasteiger partial charge in [-0.15, -0.1) is 0 Å². The molecule has 3 nitrogen and oxygen atoms in total. The van der Waals surface area contributed by atoms with Crippen molar-refractivity contribution in [3.8, 4) is 0 Å². The van der Waals surface area contributed by atoms with Crippen molar-refractivity contribution < 1.29 is 5.32 Å². The molecule has 1 heterocycles. The van der Waals surface area contributed by atoms with Crippen LogP contribution in [0.15, 0.2) is 30.3 Å². The second-order valence-electron chi connectivity index (χ2n) is 5.75. The molecule has 1 aliphatic heterocycles. The summed E-state index contributed by atoms with van der Waals surface area (Å²) in [5.74, 6) is 0.614. The summed E-state index contributed by atoms with van der Waals surface area (Å²) in [6, 6.07) is 11.2. The molecular formula is C16H27N3. The number of nitrogens with two attached hydrogens (primary N) is 1. The molecule has 2 rings (SSSR count). The van der Waals surface area contributed by atoms with Gasteiger partial charge in [0.05, 0.1) is 6.04 Å². The average Bonchev–Trinajstić information content (AvgIpc) is 2.43. The van der Waals surface area contributed by atoms with Gasteiger partial charge in [-0.1, -0.05) is 37.3 Å². The van der Waals surface area contributed by atoms with Gasteiger partial charge in [0.15, 0.2) is 0 Å². The van der Waals surface area contributed by atoms with Crippen LogP contribution in [-0.4, -0.2) is 49.6 Å². The maximum Gasteiger partial charge on any atom is 0.0914 e. The highest BCUT2D eigenvalue weighted by atomic mass is 15.2. The zero-order chi connectivity index (χ0) is 13.7. The smallest absolute Gasteiger partial charge is 0.0914 e. The number of rotatable bonds is 5. The van der Waals surface area contributed by atoms with Crippen molar-refractivity contribution >= 4 is 0 Å². The molecule has 19 heavy (non-hydrogen) atoms. The molecule has 1 saturated heterocycles. The van der Waals surface area contributed by atoms with E-state index in [1.807, 2.05) is 0 Å². The minimum atomic E-state index is 0.459. The van der Waals surface area contributed by atoms with E-state index in [0.717, 1.165) is 0 Å². The molecule has 0 amide bonds. The van der Waals surface area contributed by atoms with Crippen molar-refractivity contribution in [1.82, 2.24) is 9.80 Å². The second-order valence-corrected chi connectivity index (χ2v) is 5.75. The molecule has 1 aliphatic rings. The molecule has 1 fully saturated rings. The quantitative estimate of drug-likeness (QED) is 0.798. The Balaban J connectivity index is 1.92. The van der Waals surface area contributed by atoms with Gasteiger partial charge in [-0.2, -0.15) is 7.05 Å². The third-order valence-electron chi connectivity index (χ3n) is 4.19. The molecule has 0 aromatic heterocycles. The van der Waals surface area contributed by atoms with Gasteiger partial charge in [-0.25, -0.2) is 0 Å². The molecule has 2 atom stereocenters. The van der Waals surface area contributed by atoms with Gasteiger partial charge in [0.1, 0.15) is 0 Å². The lowest BCUT2D eigenvalue weighted by Gasteiger charge is -2.35. The average molecular weight is 261 g/mol. The Bertz CT molecular complexity index is 358. The summed E-state index contributed by atoms with van der Waals surface area (Å²) >= 11 is 0. The molecule has 0 saturated carbocycles. The van der Waals surface area contributed by atoms with E-state index in [0.29, 0.717) is 12.0 Å².